The summed E-state index contributed by atoms with van der Waals surface area (Å²) in [6.45, 7) is 3.37. The second-order valence-corrected chi connectivity index (χ2v) is 5.95. The lowest BCUT2D eigenvalue weighted by molar-refractivity contribution is -0.146. The van der Waals surface area contributed by atoms with Gasteiger partial charge in [0.2, 0.25) is 11.8 Å². The van der Waals surface area contributed by atoms with Crippen LogP contribution >= 0.6 is 0 Å². The van der Waals surface area contributed by atoms with Crippen LogP contribution in [0.15, 0.2) is 30.5 Å². The summed E-state index contributed by atoms with van der Waals surface area (Å²) in [6, 6.07) is 6.79. The molecule has 2 amide bonds. The van der Waals surface area contributed by atoms with Gasteiger partial charge in [-0.05, 0) is 12.0 Å². The lowest BCUT2D eigenvalue weighted by Crippen LogP contribution is -2.48. The van der Waals surface area contributed by atoms with E-state index in [0.717, 1.165) is 10.9 Å². The third-order valence-corrected chi connectivity index (χ3v) is 3.73. The smallest absolute Gasteiger partial charge is 0.328 e. The fraction of sp³-hybridized carbons (Fsp3) is 0.412. The molecule has 25 heavy (non-hydrogen) atoms. The lowest BCUT2D eigenvalue weighted by atomic mass is 10.0. The zero-order valence-electron chi connectivity index (χ0n) is 14.5. The number of methoxy groups -OCH3 is 1. The molecule has 0 saturated carbocycles. The summed E-state index contributed by atoms with van der Waals surface area (Å²) in [5.74, 6) is -1.44. The van der Waals surface area contributed by atoms with Crippen molar-refractivity contribution < 1.29 is 19.1 Å². The molecule has 1 atom stereocenters. The quantitative estimate of drug-likeness (QED) is 0.710. The normalized spacial score (nSPS) is 12.0. The molecule has 134 valence electrons. The number of hydrogen-bond acceptors (Lipinski definition) is 5. The van der Waals surface area contributed by atoms with Crippen LogP contribution < -0.4 is 10.6 Å². The van der Waals surface area contributed by atoms with Crippen molar-refractivity contribution in [3.63, 3.8) is 0 Å². The van der Waals surface area contributed by atoms with Gasteiger partial charge >= 0.3 is 5.97 Å². The van der Waals surface area contributed by atoms with Gasteiger partial charge in [-0.15, -0.1) is 0 Å². The van der Waals surface area contributed by atoms with E-state index < -0.39 is 17.9 Å². The van der Waals surface area contributed by atoms with Gasteiger partial charge in [-0.1, -0.05) is 32.0 Å². The van der Waals surface area contributed by atoms with Crippen LogP contribution in [0.25, 0.3) is 10.9 Å². The number of carbonyl (C=O) groups is 3. The Kier molecular flexibility index (Phi) is 6.10. The largest absolute Gasteiger partial charge is 0.467 e. The van der Waals surface area contributed by atoms with Crippen molar-refractivity contribution in [2.24, 2.45) is 5.92 Å². The van der Waals surface area contributed by atoms with Crippen LogP contribution in [0.3, 0.4) is 0 Å². The second kappa shape index (κ2) is 8.27. The van der Waals surface area contributed by atoms with Gasteiger partial charge in [0.1, 0.15) is 12.6 Å². The number of nitrogens with zero attached hydrogens (tertiary/aromatic N) is 2. The van der Waals surface area contributed by atoms with Gasteiger partial charge in [-0.2, -0.15) is 5.10 Å². The maximum Gasteiger partial charge on any atom is 0.328 e. The van der Waals surface area contributed by atoms with Crippen LogP contribution in [0.4, 0.5) is 0 Å². The van der Waals surface area contributed by atoms with E-state index in [9.17, 15) is 14.4 Å². The van der Waals surface area contributed by atoms with Crippen LogP contribution in [0.2, 0.25) is 0 Å². The van der Waals surface area contributed by atoms with Crippen molar-refractivity contribution in [2.75, 3.05) is 13.7 Å². The van der Waals surface area contributed by atoms with Crippen molar-refractivity contribution in [3.05, 3.63) is 30.5 Å². The second-order valence-electron chi connectivity index (χ2n) is 5.95. The first-order valence-electron chi connectivity index (χ1n) is 7.96. The molecule has 8 heteroatoms. The number of fused-ring (bicyclic) bond motifs is 1. The molecule has 0 radical (unpaired) electrons. The van der Waals surface area contributed by atoms with Gasteiger partial charge < -0.3 is 15.4 Å². The van der Waals surface area contributed by atoms with E-state index in [0.29, 0.717) is 0 Å². The van der Waals surface area contributed by atoms with Crippen molar-refractivity contribution in [3.8, 4) is 0 Å². The van der Waals surface area contributed by atoms with Crippen molar-refractivity contribution in [2.45, 2.75) is 26.4 Å². The molecule has 1 aromatic heterocycles. The number of nitrogens with one attached hydrogen (secondary N) is 2. The number of hydrogen-bond donors (Lipinski definition) is 2. The molecular weight excluding hydrogens is 324 g/mol. The number of para-hydroxylation sites is 1. The van der Waals surface area contributed by atoms with Crippen molar-refractivity contribution in [1.82, 2.24) is 20.4 Å². The molecule has 0 fully saturated rings. The number of rotatable bonds is 7. The van der Waals surface area contributed by atoms with E-state index in [1.807, 2.05) is 24.3 Å². The molecule has 0 aliphatic rings. The van der Waals surface area contributed by atoms with E-state index in [-0.39, 0.29) is 24.9 Å². The van der Waals surface area contributed by atoms with Crippen LogP contribution in [0.1, 0.15) is 13.8 Å². The number of ether oxygens (including phenoxy) is 1. The minimum atomic E-state index is -0.746. The molecule has 8 nitrogen and oxygen atoms in total. The van der Waals surface area contributed by atoms with Gasteiger partial charge in [0.25, 0.3) is 0 Å². The van der Waals surface area contributed by atoms with Crippen molar-refractivity contribution >= 4 is 28.7 Å². The highest BCUT2D eigenvalue weighted by Crippen LogP contribution is 2.12. The minimum Gasteiger partial charge on any atom is -0.467 e. The minimum absolute atomic E-state index is 0.00536. The summed E-state index contributed by atoms with van der Waals surface area (Å²) in [7, 11) is 1.26. The van der Waals surface area contributed by atoms with E-state index in [4.69, 9.17) is 0 Å². The predicted molar refractivity (Wildman–Crippen MR) is 91.5 cm³/mol. The molecule has 2 aromatic rings. The number of esters is 1. The van der Waals surface area contributed by atoms with Gasteiger partial charge in [-0.25, -0.2) is 4.79 Å². The molecule has 2 N–H and O–H groups in total. The molecule has 1 aromatic carbocycles. The third kappa shape index (κ3) is 4.79. The van der Waals surface area contributed by atoms with Crippen LogP contribution in [0, 0.1) is 5.92 Å². The van der Waals surface area contributed by atoms with Crippen LogP contribution in [0.5, 0.6) is 0 Å². The van der Waals surface area contributed by atoms with Gasteiger partial charge in [-0.3, -0.25) is 14.3 Å². The maximum absolute atomic E-state index is 12.0. The molecular formula is C17H22N4O4. The Labute approximate surface area is 145 Å². The maximum atomic E-state index is 12.0. The van der Waals surface area contributed by atoms with E-state index in [1.54, 1.807) is 24.7 Å². The summed E-state index contributed by atoms with van der Waals surface area (Å²) in [6.07, 6.45) is 1.68. The average Bonchev–Trinajstić information content (AvgIpc) is 3.00. The number of amides is 2. The Morgan fingerprint density at radius 1 is 1.20 bits per heavy atom. The first kappa shape index (κ1) is 18.4. The Morgan fingerprint density at radius 2 is 1.92 bits per heavy atom. The van der Waals surface area contributed by atoms with Crippen LogP contribution in [-0.4, -0.2) is 47.3 Å². The third-order valence-electron chi connectivity index (χ3n) is 3.73. The Bertz CT molecular complexity index is 769. The molecule has 0 saturated heterocycles. The van der Waals surface area contributed by atoms with Crippen molar-refractivity contribution in [1.29, 1.82) is 0 Å². The Morgan fingerprint density at radius 3 is 2.60 bits per heavy atom. The van der Waals surface area contributed by atoms with Gasteiger partial charge in [0.15, 0.2) is 0 Å². The Hall–Kier alpha value is -2.90. The monoisotopic (exact) mass is 346 g/mol. The fourth-order valence-electron chi connectivity index (χ4n) is 2.37. The average molecular weight is 346 g/mol. The molecule has 1 heterocycles. The molecule has 0 bridgehead atoms. The Balaban J connectivity index is 1.87. The van der Waals surface area contributed by atoms with E-state index >= 15 is 0 Å². The zero-order chi connectivity index (χ0) is 18.4. The molecule has 2 rings (SSSR count). The summed E-state index contributed by atoms with van der Waals surface area (Å²) >= 11 is 0. The molecule has 0 aliphatic heterocycles. The van der Waals surface area contributed by atoms with Gasteiger partial charge in [0, 0.05) is 5.39 Å². The lowest BCUT2D eigenvalue weighted by Gasteiger charge is -2.19. The highest BCUT2D eigenvalue weighted by molar-refractivity contribution is 5.88. The number of benzene rings is 1. The molecule has 0 aliphatic carbocycles. The van der Waals surface area contributed by atoms with E-state index in [1.165, 1.54) is 7.11 Å². The summed E-state index contributed by atoms with van der Waals surface area (Å²) in [4.78, 5) is 35.6. The number of aromatic nitrogens is 2. The summed E-state index contributed by atoms with van der Waals surface area (Å²) < 4.78 is 6.22. The fourth-order valence-corrected chi connectivity index (χ4v) is 2.37. The molecule has 1 unspecified atom stereocenters. The highest BCUT2D eigenvalue weighted by Gasteiger charge is 2.24. The first-order chi connectivity index (χ1) is 11.9. The standard InChI is InChI=1S/C17H22N4O4/c1-11(2)16(17(24)25-3)20-14(22)9-18-15(23)10-21-13-7-5-4-6-12(13)8-19-21/h4-8,11,16H,9-10H2,1-3H3,(H,18,23)(H,20,22). The highest BCUT2D eigenvalue weighted by atomic mass is 16.5. The first-order valence-corrected chi connectivity index (χ1v) is 7.96. The SMILES string of the molecule is COC(=O)C(NC(=O)CNC(=O)Cn1ncc2ccccc21)C(C)C. The summed E-state index contributed by atoms with van der Waals surface area (Å²) in [5, 5.41) is 10.2. The zero-order valence-corrected chi connectivity index (χ0v) is 14.5. The predicted octanol–water partition coefficient (Wildman–Crippen LogP) is 0.466. The van der Waals surface area contributed by atoms with Gasteiger partial charge in [0.05, 0.1) is 25.4 Å². The number of carbonyl (C=O) groups excluding carboxylic acids is 3. The summed E-state index contributed by atoms with van der Waals surface area (Å²) in [5.41, 5.74) is 0.840. The van der Waals surface area contributed by atoms with E-state index in [2.05, 4.69) is 20.5 Å². The topological polar surface area (TPSA) is 102 Å². The molecule has 0 spiro atoms. The van der Waals surface area contributed by atoms with Crippen LogP contribution in [-0.2, 0) is 25.7 Å².